The average molecular weight is 382 g/mol. The zero-order valence-corrected chi connectivity index (χ0v) is 16.5. The van der Waals surface area contributed by atoms with Gasteiger partial charge < -0.3 is 10.1 Å². The van der Waals surface area contributed by atoms with Gasteiger partial charge in [0.1, 0.15) is 5.75 Å². The minimum absolute atomic E-state index is 0.0463. The standard InChI is InChI=1S/C21H23N3O2S/c1-4-26-18-10-8-17(9-11-18)24-13-12-22-21(24)27-14-20(25)23-19-7-5-6-15(2)16(19)3/h5-13H,4,14H2,1-3H3,(H,23,25). The van der Waals surface area contributed by atoms with E-state index in [1.54, 1.807) is 6.20 Å². The van der Waals surface area contributed by atoms with E-state index in [0.29, 0.717) is 12.4 Å². The molecule has 140 valence electrons. The number of rotatable bonds is 7. The van der Waals surface area contributed by atoms with E-state index < -0.39 is 0 Å². The number of aryl methyl sites for hydroxylation is 1. The highest BCUT2D eigenvalue weighted by molar-refractivity contribution is 7.99. The van der Waals surface area contributed by atoms with Crippen LogP contribution in [-0.4, -0.2) is 27.8 Å². The highest BCUT2D eigenvalue weighted by Crippen LogP contribution is 2.23. The number of thioether (sulfide) groups is 1. The molecule has 0 radical (unpaired) electrons. The number of aromatic nitrogens is 2. The van der Waals surface area contributed by atoms with Crippen LogP contribution in [0.15, 0.2) is 60.0 Å². The third-order valence-corrected chi connectivity index (χ3v) is 5.21. The summed E-state index contributed by atoms with van der Waals surface area (Å²) < 4.78 is 7.44. The second-order valence-corrected chi connectivity index (χ2v) is 7.03. The molecule has 27 heavy (non-hydrogen) atoms. The molecule has 1 amide bonds. The Morgan fingerprint density at radius 2 is 1.96 bits per heavy atom. The maximum atomic E-state index is 12.4. The van der Waals surface area contributed by atoms with E-state index in [1.807, 2.05) is 74.0 Å². The van der Waals surface area contributed by atoms with Crippen LogP contribution in [0, 0.1) is 13.8 Å². The van der Waals surface area contributed by atoms with Crippen molar-refractivity contribution in [1.29, 1.82) is 0 Å². The summed E-state index contributed by atoms with van der Waals surface area (Å²) in [6.07, 6.45) is 3.63. The maximum Gasteiger partial charge on any atom is 0.234 e. The van der Waals surface area contributed by atoms with Gasteiger partial charge in [-0.15, -0.1) is 0 Å². The van der Waals surface area contributed by atoms with E-state index in [2.05, 4.69) is 10.3 Å². The van der Waals surface area contributed by atoms with E-state index in [4.69, 9.17) is 4.74 Å². The maximum absolute atomic E-state index is 12.4. The fourth-order valence-electron chi connectivity index (χ4n) is 2.67. The summed E-state index contributed by atoms with van der Waals surface area (Å²) >= 11 is 1.41. The molecule has 0 aliphatic rings. The second kappa shape index (κ2) is 8.77. The van der Waals surface area contributed by atoms with E-state index >= 15 is 0 Å². The number of carbonyl (C=O) groups excluding carboxylic acids is 1. The number of hydrogen-bond donors (Lipinski definition) is 1. The highest BCUT2D eigenvalue weighted by Gasteiger charge is 2.11. The van der Waals surface area contributed by atoms with Gasteiger partial charge in [-0.1, -0.05) is 23.9 Å². The molecule has 0 bridgehead atoms. The molecule has 1 aromatic heterocycles. The molecule has 0 spiro atoms. The van der Waals surface area contributed by atoms with Crippen molar-refractivity contribution >= 4 is 23.4 Å². The summed E-state index contributed by atoms with van der Waals surface area (Å²) in [5.74, 6) is 1.08. The largest absolute Gasteiger partial charge is 0.494 e. The number of benzene rings is 2. The summed E-state index contributed by atoms with van der Waals surface area (Å²) in [4.78, 5) is 16.7. The van der Waals surface area contributed by atoms with Gasteiger partial charge in [0.15, 0.2) is 5.16 Å². The Morgan fingerprint density at radius 1 is 1.19 bits per heavy atom. The molecule has 0 aliphatic carbocycles. The zero-order valence-electron chi connectivity index (χ0n) is 15.7. The monoisotopic (exact) mass is 381 g/mol. The van der Waals surface area contributed by atoms with Gasteiger partial charge in [-0.2, -0.15) is 0 Å². The lowest BCUT2D eigenvalue weighted by atomic mass is 10.1. The molecule has 3 aromatic rings. The van der Waals surface area contributed by atoms with E-state index in [0.717, 1.165) is 33.4 Å². The van der Waals surface area contributed by atoms with Crippen LogP contribution in [0.25, 0.3) is 5.69 Å². The van der Waals surface area contributed by atoms with Crippen LogP contribution in [-0.2, 0) is 4.79 Å². The summed E-state index contributed by atoms with van der Waals surface area (Å²) in [7, 11) is 0. The van der Waals surface area contributed by atoms with Crippen molar-refractivity contribution in [2.75, 3.05) is 17.7 Å². The van der Waals surface area contributed by atoms with Gasteiger partial charge in [0, 0.05) is 23.8 Å². The number of anilines is 1. The Bertz CT molecular complexity index is 919. The fraction of sp³-hybridized carbons (Fsp3) is 0.238. The van der Waals surface area contributed by atoms with Crippen LogP contribution in [0.5, 0.6) is 5.75 Å². The number of nitrogens with one attached hydrogen (secondary N) is 1. The quantitative estimate of drug-likeness (QED) is 0.607. The van der Waals surface area contributed by atoms with Crippen LogP contribution in [0.2, 0.25) is 0 Å². The molecule has 3 rings (SSSR count). The Kier molecular flexibility index (Phi) is 6.19. The molecule has 0 unspecified atom stereocenters. The number of nitrogens with zero attached hydrogens (tertiary/aromatic N) is 2. The van der Waals surface area contributed by atoms with Gasteiger partial charge in [-0.3, -0.25) is 9.36 Å². The molecule has 0 fully saturated rings. The zero-order chi connectivity index (χ0) is 19.2. The van der Waals surface area contributed by atoms with Gasteiger partial charge in [0.25, 0.3) is 0 Å². The van der Waals surface area contributed by atoms with Gasteiger partial charge >= 0.3 is 0 Å². The third-order valence-electron chi connectivity index (χ3n) is 4.24. The predicted molar refractivity (Wildman–Crippen MR) is 110 cm³/mol. The molecule has 0 atom stereocenters. The molecule has 0 saturated heterocycles. The first kappa shape index (κ1) is 19.0. The Labute approximate surface area is 163 Å². The van der Waals surface area contributed by atoms with Crippen molar-refractivity contribution in [2.45, 2.75) is 25.9 Å². The molecule has 1 heterocycles. The lowest BCUT2D eigenvalue weighted by molar-refractivity contribution is -0.113. The molecular weight excluding hydrogens is 358 g/mol. The first-order valence-corrected chi connectivity index (χ1v) is 9.82. The van der Waals surface area contributed by atoms with Gasteiger partial charge in [0.05, 0.1) is 12.4 Å². The van der Waals surface area contributed by atoms with Crippen molar-refractivity contribution in [3.05, 3.63) is 66.0 Å². The molecule has 0 saturated carbocycles. The topological polar surface area (TPSA) is 56.2 Å². The average Bonchev–Trinajstić information content (AvgIpc) is 3.13. The fourth-order valence-corrected chi connectivity index (χ4v) is 3.44. The minimum Gasteiger partial charge on any atom is -0.494 e. The van der Waals surface area contributed by atoms with E-state index in [-0.39, 0.29) is 5.91 Å². The second-order valence-electron chi connectivity index (χ2n) is 6.09. The lowest BCUT2D eigenvalue weighted by Crippen LogP contribution is -2.15. The Hall–Kier alpha value is -2.73. The van der Waals surface area contributed by atoms with Crippen LogP contribution < -0.4 is 10.1 Å². The molecule has 1 N–H and O–H groups in total. The highest BCUT2D eigenvalue weighted by atomic mass is 32.2. The number of imidazole rings is 1. The van der Waals surface area contributed by atoms with E-state index in [9.17, 15) is 4.79 Å². The molecule has 5 nitrogen and oxygen atoms in total. The van der Waals surface area contributed by atoms with Gasteiger partial charge in [-0.25, -0.2) is 4.98 Å². The normalized spacial score (nSPS) is 10.6. The number of amides is 1. The molecular formula is C21H23N3O2S. The number of hydrogen-bond acceptors (Lipinski definition) is 4. The summed E-state index contributed by atoms with van der Waals surface area (Å²) in [6, 6.07) is 13.7. The van der Waals surface area contributed by atoms with Crippen LogP contribution in [0.1, 0.15) is 18.1 Å². The van der Waals surface area contributed by atoms with Crippen LogP contribution in [0.3, 0.4) is 0 Å². The molecule has 6 heteroatoms. The van der Waals surface area contributed by atoms with E-state index in [1.165, 1.54) is 11.8 Å². The first-order valence-electron chi connectivity index (χ1n) is 8.84. The van der Waals surface area contributed by atoms with Gasteiger partial charge in [-0.05, 0) is 62.2 Å². The number of carbonyl (C=O) groups is 1. The van der Waals surface area contributed by atoms with Crippen molar-refractivity contribution in [1.82, 2.24) is 9.55 Å². The smallest absolute Gasteiger partial charge is 0.234 e. The van der Waals surface area contributed by atoms with Crippen molar-refractivity contribution in [2.24, 2.45) is 0 Å². The van der Waals surface area contributed by atoms with Crippen LogP contribution in [0.4, 0.5) is 5.69 Å². The van der Waals surface area contributed by atoms with Crippen molar-refractivity contribution in [3.8, 4) is 11.4 Å². The summed E-state index contributed by atoms with van der Waals surface area (Å²) in [6.45, 7) is 6.65. The van der Waals surface area contributed by atoms with Gasteiger partial charge in [0.2, 0.25) is 5.91 Å². The Balaban J connectivity index is 1.64. The first-order chi connectivity index (χ1) is 13.1. The lowest BCUT2D eigenvalue weighted by Gasteiger charge is -2.11. The predicted octanol–water partition coefficient (Wildman–Crippen LogP) is 4.62. The van der Waals surface area contributed by atoms with Crippen molar-refractivity contribution in [3.63, 3.8) is 0 Å². The molecule has 0 aliphatic heterocycles. The number of ether oxygens (including phenoxy) is 1. The molecule has 2 aromatic carbocycles. The minimum atomic E-state index is -0.0463. The summed E-state index contributed by atoms with van der Waals surface area (Å²) in [5, 5.41) is 3.75. The van der Waals surface area contributed by atoms with Crippen LogP contribution >= 0.6 is 11.8 Å². The third kappa shape index (κ3) is 4.71. The Morgan fingerprint density at radius 3 is 2.70 bits per heavy atom. The van der Waals surface area contributed by atoms with Crippen molar-refractivity contribution < 1.29 is 9.53 Å². The SMILES string of the molecule is CCOc1ccc(-n2ccnc2SCC(=O)Nc2cccc(C)c2C)cc1. The summed E-state index contributed by atoms with van der Waals surface area (Å²) in [5.41, 5.74) is 4.09.